The highest BCUT2D eigenvalue weighted by atomic mass is 16.4. The molecule has 0 aromatic rings. The number of hydrogen-bond acceptors (Lipinski definition) is 3. The van der Waals surface area contributed by atoms with E-state index in [1.165, 1.54) is 0 Å². The van der Waals surface area contributed by atoms with Gasteiger partial charge in [0, 0.05) is 19.4 Å². The molecule has 0 rings (SSSR count). The van der Waals surface area contributed by atoms with Crippen LogP contribution in [0.5, 0.6) is 0 Å². The lowest BCUT2D eigenvalue weighted by Gasteiger charge is -2.18. The molecule has 0 aliphatic heterocycles. The maximum Gasteiger partial charge on any atom is 0.321 e. The fourth-order valence-electron chi connectivity index (χ4n) is 1.14. The molecule has 0 fully saturated rings. The molecule has 0 unspecified atom stereocenters. The van der Waals surface area contributed by atoms with Gasteiger partial charge in [0.15, 0.2) is 0 Å². The van der Waals surface area contributed by atoms with E-state index in [0.29, 0.717) is 19.4 Å². The Kier molecular flexibility index (Phi) is 7.00. The van der Waals surface area contributed by atoms with Crippen LogP contribution >= 0.6 is 0 Å². The maximum atomic E-state index is 11.3. The van der Waals surface area contributed by atoms with Crippen molar-refractivity contribution in [3.63, 3.8) is 0 Å². The zero-order valence-electron chi connectivity index (χ0n) is 11.2. The Labute approximate surface area is 107 Å². The molecule has 3 N–H and O–H groups in total. The number of unbranched alkanes of at least 4 members (excludes halogenated alkanes) is 1. The molecule has 0 bridgehead atoms. The van der Waals surface area contributed by atoms with E-state index in [0.717, 1.165) is 0 Å². The molecular formula is C12H22N2O4. The van der Waals surface area contributed by atoms with Crippen LogP contribution in [0, 0.1) is 5.41 Å². The molecule has 6 heteroatoms. The number of carbonyl (C=O) groups is 3. The van der Waals surface area contributed by atoms with Crippen LogP contribution in [-0.2, 0) is 9.59 Å². The van der Waals surface area contributed by atoms with Crippen molar-refractivity contribution in [2.24, 2.45) is 5.41 Å². The lowest BCUT2D eigenvalue weighted by atomic mass is 9.97. The highest BCUT2D eigenvalue weighted by molar-refractivity contribution is 5.94. The van der Waals surface area contributed by atoms with Crippen LogP contribution in [-0.4, -0.2) is 29.6 Å². The summed E-state index contributed by atoms with van der Waals surface area (Å²) in [5.74, 6) is -1.26. The molecule has 0 aliphatic rings. The summed E-state index contributed by atoms with van der Waals surface area (Å²) in [6, 6.07) is -0.506. The maximum absolute atomic E-state index is 11.3. The number of hydrogen-bond donors (Lipinski definition) is 3. The predicted molar refractivity (Wildman–Crippen MR) is 67.1 cm³/mol. The van der Waals surface area contributed by atoms with E-state index < -0.39 is 12.0 Å². The van der Waals surface area contributed by atoms with Gasteiger partial charge in [-0.3, -0.25) is 14.9 Å². The third-order valence-electron chi connectivity index (χ3n) is 2.08. The molecule has 0 aliphatic carbocycles. The van der Waals surface area contributed by atoms with Crippen LogP contribution in [0.15, 0.2) is 0 Å². The van der Waals surface area contributed by atoms with E-state index in [1.807, 2.05) is 20.8 Å². The Morgan fingerprint density at radius 3 is 2.11 bits per heavy atom. The van der Waals surface area contributed by atoms with Crippen molar-refractivity contribution in [2.45, 2.75) is 46.5 Å². The van der Waals surface area contributed by atoms with Crippen LogP contribution in [0.2, 0.25) is 0 Å². The van der Waals surface area contributed by atoms with E-state index in [-0.39, 0.29) is 24.2 Å². The summed E-state index contributed by atoms with van der Waals surface area (Å²) in [5, 5.41) is 13.2. The molecule has 0 aromatic heterocycles. The number of aliphatic carboxylic acids is 1. The standard InChI is InChI=1S/C12H22N2O4/c1-12(2,3)8-13-11(18)14-9(15)6-4-5-7-10(16)17/h4-8H2,1-3H3,(H,16,17)(H2,13,14,15,18). The summed E-state index contributed by atoms with van der Waals surface area (Å²) in [4.78, 5) is 32.8. The van der Waals surface area contributed by atoms with E-state index in [2.05, 4.69) is 10.6 Å². The van der Waals surface area contributed by atoms with Gasteiger partial charge in [0.2, 0.25) is 5.91 Å². The van der Waals surface area contributed by atoms with Gasteiger partial charge in [0.1, 0.15) is 0 Å². The molecule has 0 aromatic carbocycles. The Hall–Kier alpha value is -1.59. The highest BCUT2D eigenvalue weighted by Gasteiger charge is 2.13. The largest absolute Gasteiger partial charge is 0.481 e. The van der Waals surface area contributed by atoms with Crippen molar-refractivity contribution in [2.75, 3.05) is 6.54 Å². The Morgan fingerprint density at radius 1 is 1.06 bits per heavy atom. The first-order valence-electron chi connectivity index (χ1n) is 6.00. The van der Waals surface area contributed by atoms with Gasteiger partial charge in [-0.15, -0.1) is 0 Å². The molecule has 0 atom stereocenters. The number of nitrogens with one attached hydrogen (secondary N) is 2. The Bertz CT molecular complexity index is 308. The summed E-state index contributed by atoms with van der Waals surface area (Å²) < 4.78 is 0. The second-order valence-electron chi connectivity index (χ2n) is 5.39. The zero-order chi connectivity index (χ0) is 14.2. The number of carbonyl (C=O) groups excluding carboxylic acids is 2. The zero-order valence-corrected chi connectivity index (χ0v) is 11.2. The number of carboxylic acid groups (broad SMARTS) is 1. The minimum atomic E-state index is -0.877. The first-order valence-corrected chi connectivity index (χ1v) is 6.00. The van der Waals surface area contributed by atoms with Crippen molar-refractivity contribution in [3.05, 3.63) is 0 Å². The lowest BCUT2D eigenvalue weighted by molar-refractivity contribution is -0.137. The van der Waals surface area contributed by atoms with Gasteiger partial charge >= 0.3 is 12.0 Å². The molecular weight excluding hydrogens is 236 g/mol. The number of carboxylic acids is 1. The average molecular weight is 258 g/mol. The predicted octanol–water partition coefficient (Wildman–Crippen LogP) is 1.50. The first-order chi connectivity index (χ1) is 8.20. The molecule has 3 amide bonds. The molecule has 0 saturated heterocycles. The van der Waals surface area contributed by atoms with Gasteiger partial charge in [-0.1, -0.05) is 20.8 Å². The third kappa shape index (κ3) is 10.9. The van der Waals surface area contributed by atoms with Crippen molar-refractivity contribution in [1.82, 2.24) is 10.6 Å². The molecule has 6 nitrogen and oxygen atoms in total. The van der Waals surface area contributed by atoms with E-state index in [9.17, 15) is 14.4 Å². The quantitative estimate of drug-likeness (QED) is 0.629. The summed E-state index contributed by atoms with van der Waals surface area (Å²) in [5.41, 5.74) is -0.0398. The topological polar surface area (TPSA) is 95.5 Å². The van der Waals surface area contributed by atoms with Gasteiger partial charge in [-0.05, 0) is 18.3 Å². The fraction of sp³-hybridized carbons (Fsp3) is 0.750. The highest BCUT2D eigenvalue weighted by Crippen LogP contribution is 2.09. The van der Waals surface area contributed by atoms with E-state index in [1.54, 1.807) is 0 Å². The normalized spacial score (nSPS) is 10.8. The molecule has 0 saturated carbocycles. The molecule has 0 radical (unpaired) electrons. The monoisotopic (exact) mass is 258 g/mol. The minimum absolute atomic E-state index is 0.0398. The van der Waals surface area contributed by atoms with Gasteiger partial charge in [0.05, 0.1) is 0 Å². The summed E-state index contributed by atoms with van der Waals surface area (Å²) in [6.07, 6.45) is 1.11. The molecule has 104 valence electrons. The first kappa shape index (κ1) is 16.4. The van der Waals surface area contributed by atoms with Crippen molar-refractivity contribution >= 4 is 17.9 Å². The van der Waals surface area contributed by atoms with Crippen LogP contribution in [0.25, 0.3) is 0 Å². The van der Waals surface area contributed by atoms with Crippen LogP contribution in [0.1, 0.15) is 46.5 Å². The Balaban J connectivity index is 3.68. The number of imide groups is 1. The number of urea groups is 1. The van der Waals surface area contributed by atoms with E-state index >= 15 is 0 Å². The van der Waals surface area contributed by atoms with Crippen molar-refractivity contribution in [3.8, 4) is 0 Å². The van der Waals surface area contributed by atoms with Gasteiger partial charge < -0.3 is 10.4 Å². The van der Waals surface area contributed by atoms with Crippen LogP contribution < -0.4 is 10.6 Å². The van der Waals surface area contributed by atoms with Gasteiger partial charge in [-0.2, -0.15) is 0 Å². The molecule has 0 spiro atoms. The second-order valence-corrected chi connectivity index (χ2v) is 5.39. The average Bonchev–Trinajstić information content (AvgIpc) is 2.20. The van der Waals surface area contributed by atoms with Crippen LogP contribution in [0.3, 0.4) is 0 Å². The summed E-state index contributed by atoms with van der Waals surface area (Å²) in [7, 11) is 0. The molecule has 18 heavy (non-hydrogen) atoms. The van der Waals surface area contributed by atoms with Crippen LogP contribution in [0.4, 0.5) is 4.79 Å². The smallest absolute Gasteiger partial charge is 0.321 e. The minimum Gasteiger partial charge on any atom is -0.481 e. The third-order valence-corrected chi connectivity index (χ3v) is 2.08. The van der Waals surface area contributed by atoms with E-state index in [4.69, 9.17) is 5.11 Å². The van der Waals surface area contributed by atoms with Crippen molar-refractivity contribution < 1.29 is 19.5 Å². The van der Waals surface area contributed by atoms with Gasteiger partial charge in [-0.25, -0.2) is 4.79 Å². The SMILES string of the molecule is CC(C)(C)CNC(=O)NC(=O)CCCCC(=O)O. The second kappa shape index (κ2) is 7.68. The summed E-state index contributed by atoms with van der Waals surface area (Å²) in [6.45, 7) is 6.40. The Morgan fingerprint density at radius 2 is 1.61 bits per heavy atom. The number of amides is 3. The molecule has 0 heterocycles. The van der Waals surface area contributed by atoms with Crippen molar-refractivity contribution in [1.29, 1.82) is 0 Å². The lowest BCUT2D eigenvalue weighted by Crippen LogP contribution is -2.42. The van der Waals surface area contributed by atoms with Gasteiger partial charge in [0.25, 0.3) is 0 Å². The number of rotatable bonds is 6. The summed E-state index contributed by atoms with van der Waals surface area (Å²) >= 11 is 0. The fourth-order valence-corrected chi connectivity index (χ4v) is 1.14.